The minimum absolute atomic E-state index is 0.0219. The van der Waals surface area contributed by atoms with Crippen LogP contribution in [0.2, 0.25) is 5.02 Å². The predicted octanol–water partition coefficient (Wildman–Crippen LogP) is 2.81. The van der Waals surface area contributed by atoms with Gasteiger partial charge in [-0.1, -0.05) is 23.7 Å². The lowest BCUT2D eigenvalue weighted by atomic mass is 10.1. The number of carbonyl (C=O) groups excluding carboxylic acids is 1. The normalized spacial score (nSPS) is 16.8. The molecule has 0 N–H and O–H groups in total. The van der Waals surface area contributed by atoms with Gasteiger partial charge < -0.3 is 4.90 Å². The summed E-state index contributed by atoms with van der Waals surface area (Å²) in [7, 11) is 0. The Morgan fingerprint density at radius 2 is 2.15 bits per heavy atom. The summed E-state index contributed by atoms with van der Waals surface area (Å²) in [5, 5.41) is 0.169. The van der Waals surface area contributed by atoms with Gasteiger partial charge in [0, 0.05) is 32.7 Å². The zero-order valence-corrected chi connectivity index (χ0v) is 12.1. The molecule has 1 aromatic carbocycles. The summed E-state index contributed by atoms with van der Waals surface area (Å²) >= 11 is 5.95. The van der Waals surface area contributed by atoms with Gasteiger partial charge in [0.25, 0.3) is 5.91 Å². The summed E-state index contributed by atoms with van der Waals surface area (Å²) in [5.41, 5.74) is -0.0219. The number of nitrogens with zero attached hydrogens (tertiary/aromatic N) is 2. The molecule has 1 aliphatic heterocycles. The lowest BCUT2D eigenvalue weighted by molar-refractivity contribution is 0.0757. The van der Waals surface area contributed by atoms with Crippen LogP contribution in [-0.4, -0.2) is 48.4 Å². The number of rotatable bonds is 3. The largest absolute Gasteiger partial charge is 0.337 e. The number of hydrogen-bond donors (Lipinski definition) is 0. The van der Waals surface area contributed by atoms with Crippen molar-refractivity contribution in [1.29, 1.82) is 0 Å². The van der Waals surface area contributed by atoms with Crippen LogP contribution in [0.1, 0.15) is 16.8 Å². The number of halogens is 2. The van der Waals surface area contributed by atoms with Crippen LogP contribution in [0.15, 0.2) is 30.9 Å². The molecule has 1 amide bonds. The quantitative estimate of drug-likeness (QED) is 0.801. The van der Waals surface area contributed by atoms with Crippen molar-refractivity contribution in [1.82, 2.24) is 9.80 Å². The molecule has 5 heteroatoms. The van der Waals surface area contributed by atoms with E-state index >= 15 is 0 Å². The highest BCUT2D eigenvalue weighted by Crippen LogP contribution is 2.21. The molecule has 0 bridgehead atoms. The zero-order chi connectivity index (χ0) is 14.5. The molecular formula is C15H18ClFN2O. The first-order valence-electron chi connectivity index (χ1n) is 6.70. The Morgan fingerprint density at radius 3 is 2.85 bits per heavy atom. The van der Waals surface area contributed by atoms with Gasteiger partial charge in [-0.3, -0.25) is 9.69 Å². The Labute approximate surface area is 123 Å². The molecule has 0 saturated carbocycles. The van der Waals surface area contributed by atoms with Crippen molar-refractivity contribution in [3.8, 4) is 0 Å². The molecule has 1 fully saturated rings. The van der Waals surface area contributed by atoms with E-state index in [1.807, 2.05) is 6.08 Å². The first-order chi connectivity index (χ1) is 9.63. The van der Waals surface area contributed by atoms with E-state index in [9.17, 15) is 9.18 Å². The SMILES string of the molecule is C=CCN1CCCN(C(=O)c2c(F)cccc2Cl)CC1. The van der Waals surface area contributed by atoms with Crippen LogP contribution in [-0.2, 0) is 0 Å². The van der Waals surface area contributed by atoms with Gasteiger partial charge in [0.1, 0.15) is 5.82 Å². The molecule has 0 aliphatic carbocycles. The van der Waals surface area contributed by atoms with Crippen LogP contribution in [0.25, 0.3) is 0 Å². The first-order valence-corrected chi connectivity index (χ1v) is 7.08. The minimum atomic E-state index is -0.560. The monoisotopic (exact) mass is 296 g/mol. The van der Waals surface area contributed by atoms with Crippen LogP contribution in [0, 0.1) is 5.82 Å². The van der Waals surface area contributed by atoms with Crippen molar-refractivity contribution in [2.75, 3.05) is 32.7 Å². The molecule has 0 aromatic heterocycles. The molecule has 0 atom stereocenters. The van der Waals surface area contributed by atoms with Crippen molar-refractivity contribution < 1.29 is 9.18 Å². The summed E-state index contributed by atoms with van der Waals surface area (Å²) in [5.74, 6) is -0.886. The number of hydrogen-bond acceptors (Lipinski definition) is 2. The van der Waals surface area contributed by atoms with Gasteiger partial charge in [0.2, 0.25) is 0 Å². The van der Waals surface area contributed by atoms with E-state index in [-0.39, 0.29) is 16.5 Å². The van der Waals surface area contributed by atoms with Gasteiger partial charge in [-0.2, -0.15) is 0 Å². The maximum absolute atomic E-state index is 13.8. The Hall–Kier alpha value is -1.39. The van der Waals surface area contributed by atoms with Gasteiger partial charge in [-0.05, 0) is 18.6 Å². The van der Waals surface area contributed by atoms with Crippen LogP contribution in [0.5, 0.6) is 0 Å². The second-order valence-electron chi connectivity index (χ2n) is 4.83. The third-order valence-electron chi connectivity index (χ3n) is 3.44. The fraction of sp³-hybridized carbons (Fsp3) is 0.400. The number of benzene rings is 1. The highest BCUT2D eigenvalue weighted by molar-refractivity contribution is 6.33. The lowest BCUT2D eigenvalue weighted by Gasteiger charge is -2.22. The molecule has 108 valence electrons. The minimum Gasteiger partial charge on any atom is -0.337 e. The maximum atomic E-state index is 13.8. The van der Waals surface area contributed by atoms with Crippen LogP contribution in [0.3, 0.4) is 0 Å². The molecule has 0 spiro atoms. The molecule has 20 heavy (non-hydrogen) atoms. The van der Waals surface area contributed by atoms with Crippen molar-refractivity contribution in [2.45, 2.75) is 6.42 Å². The summed E-state index contributed by atoms with van der Waals surface area (Å²) in [6, 6.07) is 4.31. The molecule has 0 radical (unpaired) electrons. The van der Waals surface area contributed by atoms with E-state index < -0.39 is 5.82 Å². The van der Waals surface area contributed by atoms with E-state index in [2.05, 4.69) is 11.5 Å². The fourth-order valence-electron chi connectivity index (χ4n) is 2.40. The molecule has 1 heterocycles. The fourth-order valence-corrected chi connectivity index (χ4v) is 2.64. The Bertz CT molecular complexity index is 486. The average molecular weight is 297 g/mol. The van der Waals surface area contributed by atoms with E-state index in [0.29, 0.717) is 13.1 Å². The number of amides is 1. The topological polar surface area (TPSA) is 23.6 Å². The smallest absolute Gasteiger partial charge is 0.258 e. The van der Waals surface area contributed by atoms with Gasteiger partial charge in [0.15, 0.2) is 0 Å². The second kappa shape index (κ2) is 6.86. The molecule has 3 nitrogen and oxygen atoms in total. The molecule has 2 rings (SSSR count). The van der Waals surface area contributed by atoms with Crippen molar-refractivity contribution in [3.63, 3.8) is 0 Å². The van der Waals surface area contributed by atoms with E-state index in [0.717, 1.165) is 26.1 Å². The summed E-state index contributed by atoms with van der Waals surface area (Å²) < 4.78 is 13.8. The van der Waals surface area contributed by atoms with Crippen molar-refractivity contribution in [2.24, 2.45) is 0 Å². The molecular weight excluding hydrogens is 279 g/mol. The third-order valence-corrected chi connectivity index (χ3v) is 3.75. The van der Waals surface area contributed by atoms with Crippen LogP contribution < -0.4 is 0 Å². The maximum Gasteiger partial charge on any atom is 0.258 e. The molecule has 1 saturated heterocycles. The molecule has 1 aliphatic rings. The second-order valence-corrected chi connectivity index (χ2v) is 5.24. The van der Waals surface area contributed by atoms with Gasteiger partial charge >= 0.3 is 0 Å². The lowest BCUT2D eigenvalue weighted by Crippen LogP contribution is -2.35. The average Bonchev–Trinajstić information content (AvgIpc) is 2.64. The Kier molecular flexibility index (Phi) is 5.15. The van der Waals surface area contributed by atoms with Crippen LogP contribution >= 0.6 is 11.6 Å². The standard InChI is InChI=1S/C15H18ClFN2O/c1-2-7-18-8-4-9-19(11-10-18)15(20)14-12(16)5-3-6-13(14)17/h2-3,5-6H,1,4,7-11H2. The van der Waals surface area contributed by atoms with Gasteiger partial charge in [-0.25, -0.2) is 4.39 Å². The van der Waals surface area contributed by atoms with Gasteiger partial charge in [0.05, 0.1) is 10.6 Å². The predicted molar refractivity (Wildman–Crippen MR) is 78.6 cm³/mol. The molecule has 1 aromatic rings. The number of carbonyl (C=O) groups is 1. The first kappa shape index (κ1) is 15.0. The summed E-state index contributed by atoms with van der Waals surface area (Å²) in [4.78, 5) is 16.3. The van der Waals surface area contributed by atoms with Crippen molar-refractivity contribution >= 4 is 17.5 Å². The van der Waals surface area contributed by atoms with E-state index in [1.54, 1.807) is 11.0 Å². The van der Waals surface area contributed by atoms with Gasteiger partial charge in [-0.15, -0.1) is 6.58 Å². The zero-order valence-electron chi connectivity index (χ0n) is 11.3. The summed E-state index contributed by atoms with van der Waals surface area (Å²) in [6.45, 7) is 7.42. The summed E-state index contributed by atoms with van der Waals surface area (Å²) in [6.07, 6.45) is 2.72. The van der Waals surface area contributed by atoms with E-state index in [1.165, 1.54) is 12.1 Å². The van der Waals surface area contributed by atoms with E-state index in [4.69, 9.17) is 11.6 Å². The highest BCUT2D eigenvalue weighted by Gasteiger charge is 2.24. The Morgan fingerprint density at radius 1 is 1.35 bits per heavy atom. The van der Waals surface area contributed by atoms with Crippen LogP contribution in [0.4, 0.5) is 4.39 Å². The highest BCUT2D eigenvalue weighted by atomic mass is 35.5. The molecule has 0 unspecified atom stereocenters. The Balaban J connectivity index is 2.11. The van der Waals surface area contributed by atoms with Crippen molar-refractivity contribution in [3.05, 3.63) is 47.3 Å². The third kappa shape index (κ3) is 3.38.